The summed E-state index contributed by atoms with van der Waals surface area (Å²) < 4.78 is 32.2. The summed E-state index contributed by atoms with van der Waals surface area (Å²) in [5.74, 6) is 0.0531. The Morgan fingerprint density at radius 1 is 1.15 bits per heavy atom. The van der Waals surface area contributed by atoms with Gasteiger partial charge in [0, 0.05) is 10.5 Å². The Balaban J connectivity index is 2.05. The number of fused-ring (bicyclic) bond motifs is 1. The van der Waals surface area contributed by atoms with Gasteiger partial charge < -0.3 is 9.47 Å². The Bertz CT molecular complexity index is 843. The van der Waals surface area contributed by atoms with Crippen LogP contribution in [0, 0.1) is 0 Å². The van der Waals surface area contributed by atoms with Crippen molar-refractivity contribution in [2.45, 2.75) is 41.4 Å². The summed E-state index contributed by atoms with van der Waals surface area (Å²) >= 11 is 1.53. The number of benzene rings is 2. The molecule has 0 radical (unpaired) electrons. The van der Waals surface area contributed by atoms with E-state index in [1.165, 1.54) is 18.9 Å². The minimum atomic E-state index is -2.94. The van der Waals surface area contributed by atoms with Crippen molar-refractivity contribution in [1.29, 1.82) is 0 Å². The quantitative estimate of drug-likeness (QED) is 0.641. The normalized spacial score (nSPS) is 19.3. The SMILES string of the molecule is COc1c(C(=O)OC(C)(C)C)ccc2c1C(Sc1ccccc1)CS2(O)O. The van der Waals surface area contributed by atoms with E-state index in [9.17, 15) is 13.9 Å². The highest BCUT2D eigenvalue weighted by Gasteiger charge is 2.40. The second kappa shape index (κ2) is 7.39. The van der Waals surface area contributed by atoms with Gasteiger partial charge in [0.05, 0.1) is 23.0 Å². The van der Waals surface area contributed by atoms with Gasteiger partial charge in [0.2, 0.25) is 0 Å². The number of carbonyl (C=O) groups excluding carboxylic acids is 1. The van der Waals surface area contributed by atoms with Crippen LogP contribution >= 0.6 is 22.4 Å². The third-order valence-electron chi connectivity index (χ3n) is 4.06. The fraction of sp³-hybridized carbons (Fsp3) is 0.350. The second-order valence-corrected chi connectivity index (χ2v) is 10.7. The molecule has 0 bridgehead atoms. The lowest BCUT2D eigenvalue weighted by atomic mass is 10.1. The molecule has 1 unspecified atom stereocenters. The molecule has 5 nitrogen and oxygen atoms in total. The van der Waals surface area contributed by atoms with Crippen LogP contribution in [0.3, 0.4) is 0 Å². The van der Waals surface area contributed by atoms with Gasteiger partial charge in [0.15, 0.2) is 0 Å². The zero-order chi connectivity index (χ0) is 19.8. The number of methoxy groups -OCH3 is 1. The summed E-state index contributed by atoms with van der Waals surface area (Å²) in [7, 11) is -1.45. The predicted octanol–water partition coefficient (Wildman–Crippen LogP) is 5.61. The molecule has 1 heterocycles. The van der Waals surface area contributed by atoms with E-state index in [4.69, 9.17) is 9.47 Å². The second-order valence-electron chi connectivity index (χ2n) is 7.31. The van der Waals surface area contributed by atoms with Gasteiger partial charge in [-0.3, -0.25) is 9.11 Å². The number of hydrogen-bond donors (Lipinski definition) is 2. The standard InChI is InChI=1S/C20H24O5S2/c1-20(2,3)25-19(21)14-10-11-16-17(18(14)24-4)15(12-27(16,22)23)26-13-8-6-5-7-9-13/h5-11,15,22-23H,12H2,1-4H3. The van der Waals surface area contributed by atoms with Crippen molar-refractivity contribution >= 4 is 28.3 Å². The number of hydrogen-bond acceptors (Lipinski definition) is 6. The third kappa shape index (κ3) is 4.27. The summed E-state index contributed by atoms with van der Waals surface area (Å²) in [6.45, 7) is 5.40. The van der Waals surface area contributed by atoms with E-state index in [2.05, 4.69) is 0 Å². The first-order valence-electron chi connectivity index (χ1n) is 8.54. The van der Waals surface area contributed by atoms with Gasteiger partial charge in [-0.25, -0.2) is 4.79 Å². The van der Waals surface area contributed by atoms with Crippen molar-refractivity contribution in [1.82, 2.24) is 0 Å². The van der Waals surface area contributed by atoms with Crippen LogP contribution in [-0.2, 0) is 4.74 Å². The summed E-state index contributed by atoms with van der Waals surface area (Å²) in [5.41, 5.74) is 0.319. The lowest BCUT2D eigenvalue weighted by molar-refractivity contribution is 0.00661. The van der Waals surface area contributed by atoms with Crippen LogP contribution in [0.5, 0.6) is 5.75 Å². The highest BCUT2D eigenvalue weighted by Crippen LogP contribution is 2.65. The van der Waals surface area contributed by atoms with Crippen molar-refractivity contribution in [3.05, 3.63) is 53.6 Å². The molecule has 1 atom stereocenters. The van der Waals surface area contributed by atoms with E-state index in [0.717, 1.165) is 4.90 Å². The molecule has 0 fully saturated rings. The van der Waals surface area contributed by atoms with Gasteiger partial charge in [-0.1, -0.05) is 18.2 Å². The molecule has 1 aliphatic rings. The summed E-state index contributed by atoms with van der Waals surface area (Å²) in [5, 5.41) is -0.232. The van der Waals surface area contributed by atoms with Crippen LogP contribution in [0.2, 0.25) is 0 Å². The summed E-state index contributed by atoms with van der Waals surface area (Å²) in [6, 6.07) is 12.9. The highest BCUT2D eigenvalue weighted by molar-refractivity contribution is 8.25. The van der Waals surface area contributed by atoms with E-state index >= 15 is 0 Å². The lowest BCUT2D eigenvalue weighted by Crippen LogP contribution is -2.24. The zero-order valence-electron chi connectivity index (χ0n) is 15.8. The highest BCUT2D eigenvalue weighted by atomic mass is 32.3. The minimum absolute atomic E-state index is 0.191. The summed E-state index contributed by atoms with van der Waals surface area (Å²) in [6.07, 6.45) is 0. The van der Waals surface area contributed by atoms with Crippen LogP contribution in [0.4, 0.5) is 0 Å². The monoisotopic (exact) mass is 408 g/mol. The number of esters is 1. The van der Waals surface area contributed by atoms with Crippen LogP contribution in [-0.4, -0.2) is 33.5 Å². The van der Waals surface area contributed by atoms with Crippen molar-refractivity contribution in [3.8, 4) is 5.75 Å². The molecule has 0 aromatic heterocycles. The molecule has 2 aromatic rings. The first kappa shape index (κ1) is 20.1. The molecule has 27 heavy (non-hydrogen) atoms. The third-order valence-corrected chi connectivity index (χ3v) is 7.36. The molecule has 0 spiro atoms. The van der Waals surface area contributed by atoms with Gasteiger partial charge in [-0.2, -0.15) is 10.6 Å². The van der Waals surface area contributed by atoms with Crippen LogP contribution < -0.4 is 4.74 Å². The maximum Gasteiger partial charge on any atom is 0.342 e. The van der Waals surface area contributed by atoms with Crippen molar-refractivity contribution in [2.24, 2.45) is 0 Å². The molecule has 7 heteroatoms. The van der Waals surface area contributed by atoms with E-state index in [-0.39, 0.29) is 11.0 Å². The summed E-state index contributed by atoms with van der Waals surface area (Å²) in [4.78, 5) is 14.1. The van der Waals surface area contributed by atoms with E-state index in [1.807, 2.05) is 30.3 Å². The first-order valence-corrected chi connectivity index (χ1v) is 11.1. The van der Waals surface area contributed by atoms with E-state index < -0.39 is 22.2 Å². The smallest absolute Gasteiger partial charge is 0.342 e. The molecule has 2 N–H and O–H groups in total. The number of carbonyl (C=O) groups is 1. The molecule has 146 valence electrons. The number of ether oxygens (including phenoxy) is 2. The average molecular weight is 409 g/mol. The topological polar surface area (TPSA) is 76.0 Å². The minimum Gasteiger partial charge on any atom is -0.495 e. The Hall–Kier alpha value is -1.67. The molecule has 0 saturated carbocycles. The van der Waals surface area contributed by atoms with Gasteiger partial charge in [-0.15, -0.1) is 11.8 Å². The Labute approximate surface area is 165 Å². The van der Waals surface area contributed by atoms with Gasteiger partial charge in [-0.05, 0) is 45.0 Å². The van der Waals surface area contributed by atoms with E-state index in [0.29, 0.717) is 21.8 Å². The lowest BCUT2D eigenvalue weighted by Gasteiger charge is -2.27. The molecule has 1 aliphatic heterocycles. The largest absolute Gasteiger partial charge is 0.495 e. The van der Waals surface area contributed by atoms with Crippen molar-refractivity contribution < 1.29 is 23.4 Å². The Morgan fingerprint density at radius 3 is 2.41 bits per heavy atom. The first-order chi connectivity index (χ1) is 12.6. The molecule has 3 rings (SSSR count). The molecule has 0 saturated heterocycles. The van der Waals surface area contributed by atoms with Crippen LogP contribution in [0.15, 0.2) is 52.3 Å². The predicted molar refractivity (Wildman–Crippen MR) is 109 cm³/mol. The molecular weight excluding hydrogens is 384 g/mol. The van der Waals surface area contributed by atoms with Crippen molar-refractivity contribution in [2.75, 3.05) is 12.9 Å². The molecular formula is C20H24O5S2. The molecule has 2 aromatic carbocycles. The van der Waals surface area contributed by atoms with Gasteiger partial charge in [0.1, 0.15) is 16.9 Å². The van der Waals surface area contributed by atoms with Crippen molar-refractivity contribution in [3.63, 3.8) is 0 Å². The van der Waals surface area contributed by atoms with Gasteiger partial charge >= 0.3 is 5.97 Å². The zero-order valence-corrected chi connectivity index (χ0v) is 17.4. The number of thioether (sulfide) groups is 1. The maximum atomic E-state index is 12.6. The Morgan fingerprint density at radius 2 is 1.81 bits per heavy atom. The van der Waals surface area contributed by atoms with Gasteiger partial charge in [0.25, 0.3) is 0 Å². The molecule has 0 aliphatic carbocycles. The van der Waals surface area contributed by atoms with Crippen LogP contribution in [0.25, 0.3) is 0 Å². The number of rotatable bonds is 4. The Kier molecular flexibility index (Phi) is 5.49. The maximum absolute atomic E-state index is 12.6. The van der Waals surface area contributed by atoms with Crippen LogP contribution in [0.1, 0.15) is 41.9 Å². The average Bonchev–Trinajstić information content (AvgIpc) is 2.84. The molecule has 0 amide bonds. The fourth-order valence-corrected chi connectivity index (χ4v) is 6.58. The fourth-order valence-electron chi connectivity index (χ4n) is 3.03. The van der Waals surface area contributed by atoms with E-state index in [1.54, 1.807) is 32.9 Å².